The van der Waals surface area contributed by atoms with Gasteiger partial charge in [0.25, 0.3) is 0 Å². The number of aromatic nitrogens is 2. The number of aryl methyl sites for hydroxylation is 1. The molecule has 7 nitrogen and oxygen atoms in total. The van der Waals surface area contributed by atoms with E-state index in [2.05, 4.69) is 22.4 Å². The predicted molar refractivity (Wildman–Crippen MR) is 112 cm³/mol. The van der Waals surface area contributed by atoms with Crippen LogP contribution in [0.15, 0.2) is 70.2 Å². The van der Waals surface area contributed by atoms with Crippen molar-refractivity contribution < 1.29 is 13.9 Å². The van der Waals surface area contributed by atoms with Gasteiger partial charge >= 0.3 is 5.97 Å². The molecule has 0 bridgehead atoms. The number of carbonyl (C=O) groups excluding carboxylic acids is 1. The number of nitrogens with zero attached hydrogens (tertiary/aromatic N) is 3. The fourth-order valence-electron chi connectivity index (χ4n) is 3.19. The van der Waals surface area contributed by atoms with Crippen molar-refractivity contribution >= 4 is 29.2 Å². The summed E-state index contributed by atoms with van der Waals surface area (Å²) >= 11 is 0. The Labute approximate surface area is 167 Å². The molecule has 29 heavy (non-hydrogen) atoms. The van der Waals surface area contributed by atoms with Crippen LogP contribution in [-0.4, -0.2) is 28.8 Å². The van der Waals surface area contributed by atoms with Crippen molar-refractivity contribution in [1.82, 2.24) is 9.55 Å². The lowest BCUT2D eigenvalue weighted by atomic mass is 10.1. The highest BCUT2D eigenvalue weighted by atomic mass is 16.5. The molecule has 2 aromatic carbocycles. The number of esters is 1. The predicted octanol–water partition coefficient (Wildman–Crippen LogP) is 4.55. The van der Waals surface area contributed by atoms with E-state index < -0.39 is 5.97 Å². The molecule has 0 amide bonds. The zero-order chi connectivity index (χ0) is 20.2. The lowest BCUT2D eigenvalue weighted by Crippen LogP contribution is -2.02. The van der Waals surface area contributed by atoms with Crippen LogP contribution in [-0.2, 0) is 11.3 Å². The largest absolute Gasteiger partial charge is 0.465 e. The number of hydrazone groups is 1. The second-order valence-electron chi connectivity index (χ2n) is 6.28. The van der Waals surface area contributed by atoms with Gasteiger partial charge in [0.05, 0.1) is 29.9 Å². The van der Waals surface area contributed by atoms with E-state index in [4.69, 9.17) is 9.15 Å². The zero-order valence-electron chi connectivity index (χ0n) is 16.1. The summed E-state index contributed by atoms with van der Waals surface area (Å²) in [5, 5.41) is 4.25. The van der Waals surface area contributed by atoms with Crippen LogP contribution in [0.25, 0.3) is 22.4 Å². The number of para-hydroxylation sites is 2. The Morgan fingerprint density at radius 1 is 1.17 bits per heavy atom. The van der Waals surface area contributed by atoms with E-state index >= 15 is 0 Å². The third-order valence-electron chi connectivity index (χ3n) is 4.55. The number of ether oxygens (including phenoxy) is 1. The van der Waals surface area contributed by atoms with Gasteiger partial charge in [0.1, 0.15) is 11.5 Å². The van der Waals surface area contributed by atoms with Crippen molar-refractivity contribution in [2.24, 2.45) is 5.10 Å². The molecule has 4 rings (SSSR count). The average Bonchev–Trinajstić information content (AvgIpc) is 3.37. The van der Waals surface area contributed by atoms with E-state index in [0.717, 1.165) is 17.6 Å². The molecule has 2 heterocycles. The molecular weight excluding hydrogens is 368 g/mol. The van der Waals surface area contributed by atoms with Crippen LogP contribution in [0.4, 0.5) is 5.95 Å². The lowest BCUT2D eigenvalue weighted by Gasteiger charge is -2.05. The van der Waals surface area contributed by atoms with E-state index in [1.807, 2.05) is 41.0 Å². The van der Waals surface area contributed by atoms with Crippen molar-refractivity contribution in [3.8, 4) is 11.3 Å². The number of nitrogens with one attached hydrogen (secondary N) is 1. The summed E-state index contributed by atoms with van der Waals surface area (Å²) in [7, 11) is 1.36. The summed E-state index contributed by atoms with van der Waals surface area (Å²) in [6.45, 7) is 2.83. The van der Waals surface area contributed by atoms with E-state index in [1.165, 1.54) is 7.11 Å². The van der Waals surface area contributed by atoms with Gasteiger partial charge in [-0.3, -0.25) is 0 Å². The molecule has 7 heteroatoms. The third-order valence-corrected chi connectivity index (χ3v) is 4.55. The average molecular weight is 388 g/mol. The van der Waals surface area contributed by atoms with Crippen LogP contribution in [0.2, 0.25) is 0 Å². The number of hydrogen-bond donors (Lipinski definition) is 1. The Hall–Kier alpha value is -3.87. The highest BCUT2D eigenvalue weighted by Gasteiger charge is 2.15. The second kappa shape index (κ2) is 8.02. The molecule has 0 unspecified atom stereocenters. The smallest absolute Gasteiger partial charge is 0.338 e. The topological polar surface area (TPSA) is 81.7 Å². The molecule has 1 N–H and O–H groups in total. The number of furan rings is 1. The maximum Gasteiger partial charge on any atom is 0.338 e. The van der Waals surface area contributed by atoms with Crippen molar-refractivity contribution in [1.29, 1.82) is 0 Å². The molecule has 0 aliphatic heterocycles. The van der Waals surface area contributed by atoms with Gasteiger partial charge in [-0.05, 0) is 37.3 Å². The van der Waals surface area contributed by atoms with Crippen LogP contribution < -0.4 is 5.43 Å². The maximum atomic E-state index is 12.0. The minimum absolute atomic E-state index is 0.410. The SMILES string of the molecule is CCn1c(N/N=C\c2ccc(-c3ccccc3C(=O)OC)o2)nc2ccccc21. The Morgan fingerprint density at radius 2 is 1.97 bits per heavy atom. The van der Waals surface area contributed by atoms with Gasteiger partial charge in [0.15, 0.2) is 0 Å². The third kappa shape index (κ3) is 3.62. The molecule has 0 atom stereocenters. The van der Waals surface area contributed by atoms with Gasteiger partial charge in [-0.2, -0.15) is 5.10 Å². The minimum atomic E-state index is -0.410. The number of rotatable bonds is 6. The number of carbonyl (C=O) groups is 1. The van der Waals surface area contributed by atoms with Gasteiger partial charge in [0.2, 0.25) is 5.95 Å². The molecule has 0 aliphatic rings. The summed E-state index contributed by atoms with van der Waals surface area (Å²) in [5.74, 6) is 1.36. The summed E-state index contributed by atoms with van der Waals surface area (Å²) in [6, 6.07) is 18.7. The van der Waals surface area contributed by atoms with Crippen molar-refractivity contribution in [3.63, 3.8) is 0 Å². The van der Waals surface area contributed by atoms with Crippen LogP contribution in [0.1, 0.15) is 23.0 Å². The molecular formula is C22H20N4O3. The number of benzene rings is 2. The number of hydrogen-bond acceptors (Lipinski definition) is 6. The fourth-order valence-corrected chi connectivity index (χ4v) is 3.19. The van der Waals surface area contributed by atoms with Crippen molar-refractivity contribution in [2.45, 2.75) is 13.5 Å². The molecule has 0 radical (unpaired) electrons. The highest BCUT2D eigenvalue weighted by molar-refractivity contribution is 5.96. The molecule has 0 fully saturated rings. The molecule has 146 valence electrons. The van der Waals surface area contributed by atoms with E-state index in [9.17, 15) is 4.79 Å². The Kier molecular flexibility index (Phi) is 5.11. The van der Waals surface area contributed by atoms with E-state index in [1.54, 1.807) is 30.5 Å². The summed E-state index contributed by atoms with van der Waals surface area (Å²) in [4.78, 5) is 16.5. The van der Waals surface area contributed by atoms with Gasteiger partial charge in [-0.25, -0.2) is 15.2 Å². The summed E-state index contributed by atoms with van der Waals surface area (Å²) < 4.78 is 12.7. The van der Waals surface area contributed by atoms with Crippen molar-refractivity contribution in [2.75, 3.05) is 12.5 Å². The van der Waals surface area contributed by atoms with Gasteiger partial charge in [0, 0.05) is 12.1 Å². The molecule has 4 aromatic rings. The summed E-state index contributed by atoms with van der Waals surface area (Å²) in [6.07, 6.45) is 1.57. The number of methoxy groups -OCH3 is 1. The number of imidazole rings is 1. The van der Waals surface area contributed by atoms with Gasteiger partial charge in [-0.1, -0.05) is 30.3 Å². The minimum Gasteiger partial charge on any atom is -0.465 e. The second-order valence-corrected chi connectivity index (χ2v) is 6.28. The van der Waals surface area contributed by atoms with Crippen LogP contribution in [0, 0.1) is 0 Å². The van der Waals surface area contributed by atoms with Gasteiger partial charge in [-0.15, -0.1) is 0 Å². The zero-order valence-corrected chi connectivity index (χ0v) is 16.1. The Bertz CT molecular complexity index is 1190. The van der Waals surface area contributed by atoms with Crippen molar-refractivity contribution in [3.05, 3.63) is 72.0 Å². The first-order chi connectivity index (χ1) is 14.2. The molecule has 0 spiro atoms. The fraction of sp³-hybridized carbons (Fsp3) is 0.136. The Balaban J connectivity index is 1.55. The first kappa shape index (κ1) is 18.5. The number of anilines is 1. The summed E-state index contributed by atoms with van der Waals surface area (Å²) in [5.41, 5.74) is 6.05. The van der Waals surface area contributed by atoms with Gasteiger partial charge < -0.3 is 13.7 Å². The van der Waals surface area contributed by atoms with E-state index in [0.29, 0.717) is 28.6 Å². The number of fused-ring (bicyclic) bond motifs is 1. The Morgan fingerprint density at radius 3 is 2.79 bits per heavy atom. The molecule has 2 aromatic heterocycles. The maximum absolute atomic E-state index is 12.0. The molecule has 0 saturated carbocycles. The first-order valence-electron chi connectivity index (χ1n) is 9.23. The monoisotopic (exact) mass is 388 g/mol. The lowest BCUT2D eigenvalue weighted by molar-refractivity contribution is 0.0601. The standard InChI is InChI=1S/C22H20N4O3/c1-3-26-19-11-7-6-10-18(19)24-22(26)25-23-14-15-12-13-20(29-15)16-8-4-5-9-17(16)21(27)28-2/h4-14H,3H2,1-2H3,(H,24,25)/b23-14-. The normalized spacial score (nSPS) is 11.2. The molecule has 0 saturated heterocycles. The highest BCUT2D eigenvalue weighted by Crippen LogP contribution is 2.26. The van der Waals surface area contributed by atoms with Crippen LogP contribution in [0.5, 0.6) is 0 Å². The van der Waals surface area contributed by atoms with E-state index in [-0.39, 0.29) is 0 Å². The first-order valence-corrected chi connectivity index (χ1v) is 9.23. The molecule has 0 aliphatic carbocycles. The quantitative estimate of drug-likeness (QED) is 0.298. The van der Waals surface area contributed by atoms with Crippen LogP contribution >= 0.6 is 0 Å². The van der Waals surface area contributed by atoms with Crippen LogP contribution in [0.3, 0.4) is 0 Å².